The molecule has 0 aliphatic carbocycles. The summed E-state index contributed by atoms with van der Waals surface area (Å²) in [4.78, 5) is 12.9. The first-order valence-electron chi connectivity index (χ1n) is 6.57. The normalized spacial score (nSPS) is 13.6. The smallest absolute Gasteiger partial charge is 0.229 e. The zero-order chi connectivity index (χ0) is 16.6. The van der Waals surface area contributed by atoms with E-state index in [4.69, 9.17) is 4.74 Å². The van der Waals surface area contributed by atoms with Gasteiger partial charge in [-0.3, -0.25) is 9.52 Å². The van der Waals surface area contributed by atoms with Crippen molar-refractivity contribution in [1.29, 1.82) is 0 Å². The summed E-state index contributed by atoms with van der Waals surface area (Å²) in [6.45, 7) is -0.0677. The monoisotopic (exact) mass is 353 g/mol. The molecule has 0 saturated carbocycles. The summed E-state index contributed by atoms with van der Waals surface area (Å²) in [5.41, 5.74) is 0.679. The van der Waals surface area contributed by atoms with Gasteiger partial charge in [0.2, 0.25) is 15.8 Å². The predicted molar refractivity (Wildman–Crippen MR) is 85.3 cm³/mol. The number of hydrogen-bond acceptors (Lipinski definition) is 5. The Kier molecular flexibility index (Phi) is 4.03. The molecule has 23 heavy (non-hydrogen) atoms. The van der Waals surface area contributed by atoms with E-state index >= 15 is 0 Å². The van der Waals surface area contributed by atoms with Crippen molar-refractivity contribution in [2.75, 3.05) is 17.6 Å². The van der Waals surface area contributed by atoms with Crippen LogP contribution in [0.25, 0.3) is 0 Å². The SMILES string of the molecule is CS(=O)(=O)Nc1cc2c(cc1Sc1cccc(F)c1)C(=O)CO2. The molecular formula is C15H12FNO4S2. The van der Waals surface area contributed by atoms with Crippen LogP contribution in [0.5, 0.6) is 5.75 Å². The number of carbonyl (C=O) groups is 1. The first-order valence-corrected chi connectivity index (χ1v) is 9.28. The molecule has 0 atom stereocenters. The summed E-state index contributed by atoms with van der Waals surface area (Å²) >= 11 is 1.16. The number of fused-ring (bicyclic) bond motifs is 1. The van der Waals surface area contributed by atoms with E-state index in [0.717, 1.165) is 18.0 Å². The Bertz CT molecular complexity index is 896. The van der Waals surface area contributed by atoms with E-state index in [1.165, 1.54) is 18.2 Å². The van der Waals surface area contributed by atoms with Crippen LogP contribution < -0.4 is 9.46 Å². The van der Waals surface area contributed by atoms with Crippen LogP contribution in [0.1, 0.15) is 10.4 Å². The van der Waals surface area contributed by atoms with E-state index in [9.17, 15) is 17.6 Å². The summed E-state index contributed by atoms with van der Waals surface area (Å²) < 4.78 is 44.0. The van der Waals surface area contributed by atoms with Crippen LogP contribution in [0, 0.1) is 5.82 Å². The molecule has 3 rings (SSSR count). The molecule has 0 fully saturated rings. The number of hydrogen-bond donors (Lipinski definition) is 1. The van der Waals surface area contributed by atoms with E-state index in [-0.39, 0.29) is 18.1 Å². The molecule has 0 radical (unpaired) electrons. The highest BCUT2D eigenvalue weighted by Crippen LogP contribution is 2.40. The average molecular weight is 353 g/mol. The van der Waals surface area contributed by atoms with Crippen LogP contribution in [0.2, 0.25) is 0 Å². The molecule has 0 unspecified atom stereocenters. The van der Waals surface area contributed by atoms with Gasteiger partial charge in [0.25, 0.3) is 0 Å². The molecule has 1 aliphatic heterocycles. The van der Waals surface area contributed by atoms with Gasteiger partial charge >= 0.3 is 0 Å². The van der Waals surface area contributed by atoms with Gasteiger partial charge in [0, 0.05) is 15.9 Å². The summed E-state index contributed by atoms with van der Waals surface area (Å²) in [5, 5.41) is 0. The molecule has 1 aliphatic rings. The first kappa shape index (κ1) is 15.8. The highest BCUT2D eigenvalue weighted by molar-refractivity contribution is 7.99. The van der Waals surface area contributed by atoms with E-state index < -0.39 is 15.8 Å². The summed E-state index contributed by atoms with van der Waals surface area (Å²) in [5.74, 6) is -0.232. The molecule has 2 aromatic rings. The number of carbonyl (C=O) groups excluding carboxylic acids is 1. The summed E-state index contributed by atoms with van der Waals surface area (Å²) in [6, 6.07) is 8.95. The Hall–Kier alpha value is -2.06. The van der Waals surface area contributed by atoms with Gasteiger partial charge in [0.05, 0.1) is 17.5 Å². The van der Waals surface area contributed by atoms with Crippen LogP contribution in [0.4, 0.5) is 10.1 Å². The lowest BCUT2D eigenvalue weighted by molar-refractivity contribution is 0.0961. The van der Waals surface area contributed by atoms with Crippen LogP contribution in [0.15, 0.2) is 46.2 Å². The molecular weight excluding hydrogens is 341 g/mol. The van der Waals surface area contributed by atoms with Gasteiger partial charge in [-0.1, -0.05) is 17.8 Å². The Morgan fingerprint density at radius 3 is 2.74 bits per heavy atom. The average Bonchev–Trinajstić information content (AvgIpc) is 2.79. The molecule has 0 spiro atoms. The molecule has 0 bridgehead atoms. The van der Waals surface area contributed by atoms with Gasteiger partial charge in [-0.2, -0.15) is 0 Å². The Labute approximate surface area is 136 Å². The van der Waals surface area contributed by atoms with Crippen LogP contribution in [0.3, 0.4) is 0 Å². The van der Waals surface area contributed by atoms with Crippen LogP contribution in [-0.4, -0.2) is 27.1 Å². The Morgan fingerprint density at radius 2 is 2.04 bits per heavy atom. The lowest BCUT2D eigenvalue weighted by atomic mass is 10.1. The lowest BCUT2D eigenvalue weighted by Crippen LogP contribution is -2.10. The van der Waals surface area contributed by atoms with Gasteiger partial charge < -0.3 is 4.74 Å². The van der Waals surface area contributed by atoms with Crippen molar-refractivity contribution in [3.05, 3.63) is 47.8 Å². The number of sulfonamides is 1. The first-order chi connectivity index (χ1) is 10.8. The quantitative estimate of drug-likeness (QED) is 0.915. The second-order valence-electron chi connectivity index (χ2n) is 4.99. The van der Waals surface area contributed by atoms with Crippen molar-refractivity contribution in [2.45, 2.75) is 9.79 Å². The minimum Gasteiger partial charge on any atom is -0.485 e. The second-order valence-corrected chi connectivity index (χ2v) is 7.85. The number of nitrogens with one attached hydrogen (secondary N) is 1. The fourth-order valence-electron chi connectivity index (χ4n) is 2.14. The standard InChI is InChI=1S/C15H12FNO4S2/c1-23(19,20)17-12-7-14-11(13(18)8-21-14)6-15(12)22-10-4-2-3-9(16)5-10/h2-7,17H,8H2,1H3. The van der Waals surface area contributed by atoms with E-state index in [1.54, 1.807) is 18.2 Å². The maximum absolute atomic E-state index is 13.3. The summed E-state index contributed by atoms with van der Waals surface area (Å²) in [6.07, 6.45) is 1.03. The maximum Gasteiger partial charge on any atom is 0.229 e. The van der Waals surface area contributed by atoms with Crippen molar-refractivity contribution in [1.82, 2.24) is 0 Å². The van der Waals surface area contributed by atoms with Crippen molar-refractivity contribution in [3.8, 4) is 5.75 Å². The van der Waals surface area contributed by atoms with Crippen LogP contribution in [-0.2, 0) is 10.0 Å². The number of benzene rings is 2. The van der Waals surface area contributed by atoms with Crippen molar-refractivity contribution in [3.63, 3.8) is 0 Å². The fourth-order valence-corrected chi connectivity index (χ4v) is 3.74. The topological polar surface area (TPSA) is 72.5 Å². The van der Waals surface area contributed by atoms with Crippen molar-refractivity contribution in [2.24, 2.45) is 0 Å². The van der Waals surface area contributed by atoms with E-state index in [0.29, 0.717) is 21.1 Å². The third kappa shape index (κ3) is 3.65. The second kappa shape index (κ2) is 5.86. The van der Waals surface area contributed by atoms with Gasteiger partial charge in [-0.05, 0) is 24.3 Å². The number of ether oxygens (including phenoxy) is 1. The fraction of sp³-hybridized carbons (Fsp3) is 0.133. The molecule has 5 nitrogen and oxygen atoms in total. The largest absolute Gasteiger partial charge is 0.485 e. The highest BCUT2D eigenvalue weighted by Gasteiger charge is 2.24. The van der Waals surface area contributed by atoms with Crippen molar-refractivity contribution >= 4 is 33.3 Å². The number of rotatable bonds is 4. The number of halogens is 1. The number of anilines is 1. The van der Waals surface area contributed by atoms with Gasteiger partial charge in [0.1, 0.15) is 11.6 Å². The van der Waals surface area contributed by atoms with Gasteiger partial charge in [-0.15, -0.1) is 0 Å². The Morgan fingerprint density at radius 1 is 1.26 bits per heavy atom. The Balaban J connectivity index is 2.05. The molecule has 8 heteroatoms. The van der Waals surface area contributed by atoms with E-state index in [2.05, 4.69) is 4.72 Å². The highest BCUT2D eigenvalue weighted by atomic mass is 32.2. The molecule has 1 N–H and O–H groups in total. The van der Waals surface area contributed by atoms with Crippen LogP contribution >= 0.6 is 11.8 Å². The predicted octanol–water partition coefficient (Wildman–Crippen LogP) is 2.92. The van der Waals surface area contributed by atoms with Gasteiger partial charge in [0.15, 0.2) is 6.61 Å². The van der Waals surface area contributed by atoms with Gasteiger partial charge in [-0.25, -0.2) is 12.8 Å². The zero-order valence-electron chi connectivity index (χ0n) is 12.0. The molecule has 0 aromatic heterocycles. The number of Topliss-reactive ketones (excluding diaryl/α,β-unsaturated/α-hetero) is 1. The van der Waals surface area contributed by atoms with E-state index in [1.807, 2.05) is 0 Å². The molecule has 0 saturated heterocycles. The molecule has 1 heterocycles. The number of ketones is 1. The third-order valence-electron chi connectivity index (χ3n) is 3.06. The minimum atomic E-state index is -3.51. The lowest BCUT2D eigenvalue weighted by Gasteiger charge is -2.12. The zero-order valence-corrected chi connectivity index (χ0v) is 13.6. The third-order valence-corrected chi connectivity index (χ3v) is 4.70. The summed E-state index contributed by atoms with van der Waals surface area (Å²) in [7, 11) is -3.51. The molecule has 2 aromatic carbocycles. The minimum absolute atomic E-state index is 0.0677. The molecule has 0 amide bonds. The molecule has 120 valence electrons. The van der Waals surface area contributed by atoms with Crippen molar-refractivity contribution < 1.29 is 22.3 Å². The maximum atomic E-state index is 13.3.